The summed E-state index contributed by atoms with van der Waals surface area (Å²) in [6.45, 7) is 2.48. The third-order valence-electron chi connectivity index (χ3n) is 5.42. The van der Waals surface area contributed by atoms with Crippen molar-refractivity contribution in [3.63, 3.8) is 0 Å². The average Bonchev–Trinajstić information content (AvgIpc) is 3.12. The van der Waals surface area contributed by atoms with E-state index in [9.17, 15) is 9.59 Å². The molecule has 0 radical (unpaired) electrons. The first-order valence-electron chi connectivity index (χ1n) is 9.72. The Hall–Kier alpha value is -2.82. The van der Waals surface area contributed by atoms with Crippen molar-refractivity contribution in [2.45, 2.75) is 25.7 Å². The summed E-state index contributed by atoms with van der Waals surface area (Å²) in [4.78, 5) is 29.3. The van der Waals surface area contributed by atoms with Crippen molar-refractivity contribution in [2.75, 3.05) is 34.8 Å². The van der Waals surface area contributed by atoms with Crippen molar-refractivity contribution in [2.24, 2.45) is 5.92 Å². The molecule has 4 rings (SSSR count). The number of hydrogen-bond acceptors (Lipinski definition) is 3. The summed E-state index contributed by atoms with van der Waals surface area (Å²) in [7, 11) is 0. The molecule has 0 aliphatic carbocycles. The maximum absolute atomic E-state index is 12.9. The highest BCUT2D eigenvalue weighted by molar-refractivity contribution is 6.04. The van der Waals surface area contributed by atoms with Crippen molar-refractivity contribution >= 4 is 28.9 Å². The fourth-order valence-corrected chi connectivity index (χ4v) is 3.97. The molecule has 1 atom stereocenters. The Labute approximate surface area is 160 Å². The van der Waals surface area contributed by atoms with Crippen LogP contribution in [0.5, 0.6) is 0 Å². The fraction of sp³-hybridized carbons (Fsp3) is 0.364. The summed E-state index contributed by atoms with van der Waals surface area (Å²) in [6, 6.07) is 17.5. The van der Waals surface area contributed by atoms with Crippen LogP contribution in [0.25, 0.3) is 0 Å². The van der Waals surface area contributed by atoms with Gasteiger partial charge in [-0.25, -0.2) is 0 Å². The minimum absolute atomic E-state index is 0.00525. The average molecular weight is 363 g/mol. The number of hydrogen-bond donors (Lipinski definition) is 1. The number of rotatable bonds is 4. The largest absolute Gasteiger partial charge is 0.370 e. The van der Waals surface area contributed by atoms with Gasteiger partial charge in [0, 0.05) is 31.7 Å². The van der Waals surface area contributed by atoms with Crippen LogP contribution >= 0.6 is 0 Å². The van der Waals surface area contributed by atoms with Gasteiger partial charge in [0.2, 0.25) is 11.8 Å². The van der Waals surface area contributed by atoms with Crippen LogP contribution in [0.2, 0.25) is 0 Å². The van der Waals surface area contributed by atoms with Gasteiger partial charge in [-0.15, -0.1) is 0 Å². The summed E-state index contributed by atoms with van der Waals surface area (Å²) in [5.41, 5.74) is 2.77. The van der Waals surface area contributed by atoms with Crippen molar-refractivity contribution in [1.82, 2.24) is 0 Å². The van der Waals surface area contributed by atoms with Gasteiger partial charge in [0.1, 0.15) is 0 Å². The molecule has 0 saturated carbocycles. The predicted octanol–water partition coefficient (Wildman–Crippen LogP) is 3.67. The topological polar surface area (TPSA) is 52.7 Å². The summed E-state index contributed by atoms with van der Waals surface area (Å²) in [5.74, 6) is -0.399. The number of carbonyl (C=O) groups is 2. The van der Waals surface area contributed by atoms with Gasteiger partial charge < -0.3 is 15.1 Å². The molecule has 2 fully saturated rings. The molecule has 0 aromatic heterocycles. The van der Waals surface area contributed by atoms with Crippen LogP contribution in [0.3, 0.4) is 0 Å². The maximum Gasteiger partial charge on any atom is 0.229 e. The van der Waals surface area contributed by atoms with Crippen LogP contribution in [0.15, 0.2) is 54.6 Å². The highest BCUT2D eigenvalue weighted by Gasteiger charge is 2.35. The summed E-state index contributed by atoms with van der Waals surface area (Å²) in [6.07, 6.45) is 3.90. The molecule has 0 bridgehead atoms. The van der Waals surface area contributed by atoms with Gasteiger partial charge >= 0.3 is 0 Å². The lowest BCUT2D eigenvalue weighted by atomic mass is 10.1. The number of anilines is 3. The Bertz CT molecular complexity index is 815. The number of amides is 2. The molecular weight excluding hydrogens is 338 g/mol. The summed E-state index contributed by atoms with van der Waals surface area (Å²) >= 11 is 0. The minimum Gasteiger partial charge on any atom is -0.370 e. The molecule has 0 spiro atoms. The van der Waals surface area contributed by atoms with E-state index in [1.165, 1.54) is 19.3 Å². The quantitative estimate of drug-likeness (QED) is 0.902. The fourth-order valence-electron chi connectivity index (χ4n) is 3.97. The Morgan fingerprint density at radius 3 is 2.41 bits per heavy atom. The van der Waals surface area contributed by atoms with E-state index >= 15 is 0 Å². The van der Waals surface area contributed by atoms with Crippen molar-refractivity contribution in [1.29, 1.82) is 0 Å². The second-order valence-electron chi connectivity index (χ2n) is 7.30. The predicted molar refractivity (Wildman–Crippen MR) is 108 cm³/mol. The monoisotopic (exact) mass is 363 g/mol. The van der Waals surface area contributed by atoms with E-state index in [0.717, 1.165) is 30.2 Å². The lowest BCUT2D eigenvalue weighted by Crippen LogP contribution is -2.31. The molecular formula is C22H25N3O2. The van der Waals surface area contributed by atoms with E-state index in [0.29, 0.717) is 6.54 Å². The van der Waals surface area contributed by atoms with E-state index in [2.05, 4.69) is 16.3 Å². The van der Waals surface area contributed by atoms with E-state index < -0.39 is 0 Å². The van der Waals surface area contributed by atoms with Gasteiger partial charge in [-0.2, -0.15) is 0 Å². The highest BCUT2D eigenvalue weighted by atomic mass is 16.2. The molecule has 2 aromatic rings. The number of nitrogens with zero attached hydrogens (tertiary/aromatic N) is 2. The minimum atomic E-state index is -0.327. The van der Waals surface area contributed by atoms with Gasteiger partial charge in [-0.05, 0) is 43.5 Å². The van der Waals surface area contributed by atoms with Gasteiger partial charge in [0.25, 0.3) is 0 Å². The van der Waals surface area contributed by atoms with E-state index in [4.69, 9.17) is 0 Å². The third kappa shape index (κ3) is 3.82. The van der Waals surface area contributed by atoms with Crippen LogP contribution in [-0.4, -0.2) is 31.4 Å². The van der Waals surface area contributed by atoms with Crippen LogP contribution in [0.1, 0.15) is 25.7 Å². The molecule has 2 heterocycles. The van der Waals surface area contributed by atoms with Crippen LogP contribution in [0, 0.1) is 5.92 Å². The second kappa shape index (κ2) is 7.82. The molecule has 2 amide bonds. The molecule has 5 heteroatoms. The van der Waals surface area contributed by atoms with E-state index in [1.54, 1.807) is 4.90 Å². The molecule has 27 heavy (non-hydrogen) atoms. The Balaban J connectivity index is 1.46. The van der Waals surface area contributed by atoms with E-state index in [-0.39, 0.29) is 24.2 Å². The molecule has 2 aromatic carbocycles. The van der Waals surface area contributed by atoms with Gasteiger partial charge in [-0.3, -0.25) is 9.59 Å². The smallest absolute Gasteiger partial charge is 0.229 e. The molecule has 140 valence electrons. The number of para-hydroxylation sites is 3. The summed E-state index contributed by atoms with van der Waals surface area (Å²) in [5, 5.41) is 3.08. The first kappa shape index (κ1) is 17.6. The molecule has 2 aliphatic rings. The maximum atomic E-state index is 12.9. The zero-order chi connectivity index (χ0) is 18.6. The van der Waals surface area contributed by atoms with Crippen molar-refractivity contribution in [3.05, 3.63) is 54.6 Å². The van der Waals surface area contributed by atoms with Gasteiger partial charge in [0.15, 0.2) is 0 Å². The summed E-state index contributed by atoms with van der Waals surface area (Å²) < 4.78 is 0. The zero-order valence-corrected chi connectivity index (χ0v) is 15.4. The van der Waals surface area contributed by atoms with Gasteiger partial charge in [0.05, 0.1) is 17.3 Å². The highest BCUT2D eigenvalue weighted by Crippen LogP contribution is 2.30. The van der Waals surface area contributed by atoms with Crippen LogP contribution in [-0.2, 0) is 9.59 Å². The molecule has 1 N–H and O–H groups in total. The molecule has 0 unspecified atom stereocenters. The van der Waals surface area contributed by atoms with Gasteiger partial charge in [-0.1, -0.05) is 30.3 Å². The Morgan fingerprint density at radius 1 is 0.926 bits per heavy atom. The molecule has 2 saturated heterocycles. The second-order valence-corrected chi connectivity index (χ2v) is 7.30. The third-order valence-corrected chi connectivity index (χ3v) is 5.42. The van der Waals surface area contributed by atoms with E-state index in [1.807, 2.05) is 48.5 Å². The Kier molecular flexibility index (Phi) is 5.10. The standard InChI is InChI=1S/C22H25N3O2/c26-21-15-17(16-25(21)18-9-3-1-4-10-18)22(27)23-19-11-5-6-12-20(19)24-13-7-2-8-14-24/h1,3-6,9-12,17H,2,7-8,13-16H2,(H,23,27)/t17-/m0/s1. The zero-order valence-electron chi connectivity index (χ0n) is 15.4. The number of piperidine rings is 1. The lowest BCUT2D eigenvalue weighted by molar-refractivity contribution is -0.122. The van der Waals surface area contributed by atoms with Crippen LogP contribution < -0.4 is 15.1 Å². The SMILES string of the molecule is O=C(Nc1ccccc1N1CCCCC1)[C@H]1CC(=O)N(c2ccccc2)C1. The first-order valence-corrected chi connectivity index (χ1v) is 9.72. The number of benzene rings is 2. The Morgan fingerprint density at radius 2 is 1.63 bits per heavy atom. The number of carbonyl (C=O) groups excluding carboxylic acids is 2. The lowest BCUT2D eigenvalue weighted by Gasteiger charge is -2.30. The first-order chi connectivity index (χ1) is 13.2. The van der Waals surface area contributed by atoms with Crippen molar-refractivity contribution in [3.8, 4) is 0 Å². The normalized spacial score (nSPS) is 20.0. The van der Waals surface area contributed by atoms with Crippen molar-refractivity contribution < 1.29 is 9.59 Å². The molecule has 5 nitrogen and oxygen atoms in total. The molecule has 2 aliphatic heterocycles. The van der Waals surface area contributed by atoms with Crippen LogP contribution in [0.4, 0.5) is 17.1 Å². The number of nitrogens with one attached hydrogen (secondary N) is 1.